The Morgan fingerprint density at radius 2 is 1.96 bits per heavy atom. The predicted molar refractivity (Wildman–Crippen MR) is 89.7 cm³/mol. The van der Waals surface area contributed by atoms with Gasteiger partial charge >= 0.3 is 0 Å². The molecule has 1 amide bonds. The number of primary amides is 1. The van der Waals surface area contributed by atoms with Gasteiger partial charge in [-0.15, -0.1) is 0 Å². The molecule has 0 aliphatic heterocycles. The number of benzene rings is 2. The van der Waals surface area contributed by atoms with Crippen LogP contribution >= 0.6 is 11.8 Å². The van der Waals surface area contributed by atoms with Crippen LogP contribution in [-0.4, -0.2) is 20.8 Å². The minimum absolute atomic E-state index is 0.0579. The SMILES string of the molecule is NC(=O)c1ccc(Sc2ncc(-c3ccc(F)cc3)[nH]2)c([N+](=O)[O-])c1. The molecule has 0 fully saturated rings. The first-order valence-corrected chi connectivity index (χ1v) is 7.83. The number of nitrogens with one attached hydrogen (secondary N) is 1. The van der Waals surface area contributed by atoms with Crippen LogP contribution in [0, 0.1) is 15.9 Å². The zero-order valence-electron chi connectivity index (χ0n) is 12.6. The summed E-state index contributed by atoms with van der Waals surface area (Å²) in [6.45, 7) is 0. The number of halogens is 1. The molecule has 126 valence electrons. The van der Waals surface area contributed by atoms with Crippen molar-refractivity contribution in [3.8, 4) is 11.3 Å². The lowest BCUT2D eigenvalue weighted by atomic mass is 10.2. The Morgan fingerprint density at radius 3 is 2.60 bits per heavy atom. The molecule has 0 saturated carbocycles. The molecule has 0 bridgehead atoms. The van der Waals surface area contributed by atoms with Gasteiger partial charge in [0.15, 0.2) is 5.16 Å². The van der Waals surface area contributed by atoms with E-state index >= 15 is 0 Å². The number of amides is 1. The van der Waals surface area contributed by atoms with Crippen LogP contribution in [0.5, 0.6) is 0 Å². The maximum absolute atomic E-state index is 13.0. The number of nitro groups is 1. The third kappa shape index (κ3) is 3.66. The molecule has 0 aliphatic rings. The molecule has 9 heteroatoms. The Bertz CT molecular complexity index is 956. The van der Waals surface area contributed by atoms with Crippen molar-refractivity contribution in [2.24, 2.45) is 5.73 Å². The van der Waals surface area contributed by atoms with Crippen LogP contribution in [0.2, 0.25) is 0 Å². The second-order valence-corrected chi connectivity index (χ2v) is 6.05. The first-order chi connectivity index (χ1) is 11.9. The number of carbonyl (C=O) groups is 1. The fourth-order valence-electron chi connectivity index (χ4n) is 2.13. The van der Waals surface area contributed by atoms with Crippen molar-refractivity contribution in [1.82, 2.24) is 9.97 Å². The second kappa shape index (κ2) is 6.73. The van der Waals surface area contributed by atoms with Gasteiger partial charge in [0.1, 0.15) is 5.82 Å². The molecule has 3 rings (SSSR count). The summed E-state index contributed by atoms with van der Waals surface area (Å²) in [5, 5.41) is 11.6. The summed E-state index contributed by atoms with van der Waals surface area (Å²) in [5.74, 6) is -1.08. The molecule has 25 heavy (non-hydrogen) atoms. The van der Waals surface area contributed by atoms with E-state index in [9.17, 15) is 19.3 Å². The van der Waals surface area contributed by atoms with E-state index < -0.39 is 10.8 Å². The maximum atomic E-state index is 13.0. The number of rotatable bonds is 5. The highest BCUT2D eigenvalue weighted by atomic mass is 32.2. The van der Waals surface area contributed by atoms with Gasteiger partial charge in [-0.2, -0.15) is 0 Å². The summed E-state index contributed by atoms with van der Waals surface area (Å²) in [7, 11) is 0. The Kier molecular flexibility index (Phi) is 4.48. The lowest BCUT2D eigenvalue weighted by Gasteiger charge is -2.02. The van der Waals surface area contributed by atoms with Gasteiger partial charge in [-0.1, -0.05) is 0 Å². The van der Waals surface area contributed by atoms with Crippen molar-refractivity contribution in [2.45, 2.75) is 10.1 Å². The molecule has 1 aromatic heterocycles. The molecule has 0 spiro atoms. The average Bonchev–Trinajstić information content (AvgIpc) is 3.04. The van der Waals surface area contributed by atoms with Crippen LogP contribution in [0.4, 0.5) is 10.1 Å². The van der Waals surface area contributed by atoms with Gasteiger partial charge in [0.2, 0.25) is 5.91 Å². The number of nitrogens with zero attached hydrogens (tertiary/aromatic N) is 2. The van der Waals surface area contributed by atoms with E-state index in [0.29, 0.717) is 15.7 Å². The van der Waals surface area contributed by atoms with Crippen LogP contribution in [0.15, 0.2) is 58.7 Å². The van der Waals surface area contributed by atoms with Gasteiger partial charge in [0, 0.05) is 11.6 Å². The number of hydrogen-bond acceptors (Lipinski definition) is 5. The number of hydrogen-bond donors (Lipinski definition) is 2. The normalized spacial score (nSPS) is 10.6. The smallest absolute Gasteiger partial charge is 0.284 e. The van der Waals surface area contributed by atoms with Crippen molar-refractivity contribution in [3.05, 3.63) is 70.2 Å². The number of aromatic nitrogens is 2. The zero-order chi connectivity index (χ0) is 18.0. The highest BCUT2D eigenvalue weighted by Crippen LogP contribution is 2.34. The number of imidazole rings is 1. The summed E-state index contributed by atoms with van der Waals surface area (Å²) in [5.41, 5.74) is 6.36. The summed E-state index contributed by atoms with van der Waals surface area (Å²) in [6, 6.07) is 9.86. The fourth-order valence-corrected chi connectivity index (χ4v) is 2.98. The van der Waals surface area contributed by atoms with Crippen molar-refractivity contribution in [3.63, 3.8) is 0 Å². The van der Waals surface area contributed by atoms with Crippen LogP contribution in [0.1, 0.15) is 10.4 Å². The molecule has 0 aliphatic carbocycles. The third-order valence-electron chi connectivity index (χ3n) is 3.35. The van der Waals surface area contributed by atoms with E-state index in [-0.39, 0.29) is 17.1 Å². The van der Waals surface area contributed by atoms with E-state index in [0.717, 1.165) is 23.4 Å². The van der Waals surface area contributed by atoms with Crippen molar-refractivity contribution in [2.75, 3.05) is 0 Å². The molecule has 0 unspecified atom stereocenters. The highest BCUT2D eigenvalue weighted by molar-refractivity contribution is 7.99. The summed E-state index contributed by atoms with van der Waals surface area (Å²) in [4.78, 5) is 29.3. The molecule has 3 aromatic rings. The molecular formula is C16H11FN4O3S. The van der Waals surface area contributed by atoms with Gasteiger partial charge in [0.05, 0.1) is 21.7 Å². The second-order valence-electron chi connectivity index (χ2n) is 5.01. The van der Waals surface area contributed by atoms with Crippen LogP contribution < -0.4 is 5.73 Å². The Labute approximate surface area is 145 Å². The molecule has 2 aromatic carbocycles. The largest absolute Gasteiger partial charge is 0.366 e. The van der Waals surface area contributed by atoms with Crippen molar-refractivity contribution < 1.29 is 14.1 Å². The Balaban J connectivity index is 1.89. The van der Waals surface area contributed by atoms with Crippen LogP contribution in [0.3, 0.4) is 0 Å². The van der Waals surface area contributed by atoms with Crippen molar-refractivity contribution in [1.29, 1.82) is 0 Å². The van der Waals surface area contributed by atoms with Gasteiger partial charge in [-0.25, -0.2) is 9.37 Å². The Morgan fingerprint density at radius 1 is 1.24 bits per heavy atom. The molecule has 0 atom stereocenters. The standard InChI is InChI=1S/C16H11FN4O3S/c17-11-4-1-9(2-5-11)12-8-19-16(20-12)25-14-6-3-10(15(18)22)7-13(14)21(23)24/h1-8H,(H2,18,22)(H,19,20). The van der Waals surface area contributed by atoms with Crippen molar-refractivity contribution >= 4 is 23.4 Å². The Hall–Kier alpha value is -3.20. The first-order valence-electron chi connectivity index (χ1n) is 7.01. The lowest BCUT2D eigenvalue weighted by Crippen LogP contribution is -2.11. The van der Waals surface area contributed by atoms with E-state index in [4.69, 9.17) is 5.73 Å². The van der Waals surface area contributed by atoms with Crippen LogP contribution in [0.25, 0.3) is 11.3 Å². The number of aromatic amines is 1. The molecule has 7 nitrogen and oxygen atoms in total. The minimum atomic E-state index is -0.740. The fraction of sp³-hybridized carbons (Fsp3) is 0. The van der Waals surface area contributed by atoms with E-state index in [2.05, 4.69) is 9.97 Å². The quantitative estimate of drug-likeness (QED) is 0.536. The molecular weight excluding hydrogens is 347 g/mol. The third-order valence-corrected chi connectivity index (χ3v) is 4.32. The monoisotopic (exact) mass is 358 g/mol. The molecule has 3 N–H and O–H groups in total. The molecule has 1 heterocycles. The molecule has 0 saturated heterocycles. The predicted octanol–water partition coefficient (Wildman–Crippen LogP) is 3.37. The van der Waals surface area contributed by atoms with Crippen LogP contribution in [-0.2, 0) is 0 Å². The van der Waals surface area contributed by atoms with Gasteiger partial charge in [0.25, 0.3) is 5.69 Å². The number of nitrogens with two attached hydrogens (primary N) is 1. The molecule has 0 radical (unpaired) electrons. The average molecular weight is 358 g/mol. The van der Waals surface area contributed by atoms with Gasteiger partial charge in [-0.3, -0.25) is 14.9 Å². The van der Waals surface area contributed by atoms with Gasteiger partial charge in [-0.05, 0) is 53.7 Å². The summed E-state index contributed by atoms with van der Waals surface area (Å²) < 4.78 is 13.0. The topological polar surface area (TPSA) is 115 Å². The first kappa shape index (κ1) is 16.7. The van der Waals surface area contributed by atoms with Gasteiger partial charge < -0.3 is 10.7 Å². The van der Waals surface area contributed by atoms with E-state index in [1.807, 2.05) is 0 Å². The zero-order valence-corrected chi connectivity index (χ0v) is 13.4. The minimum Gasteiger partial charge on any atom is -0.366 e. The number of nitro benzene ring substituents is 1. The number of carbonyl (C=O) groups excluding carboxylic acids is 1. The van der Waals surface area contributed by atoms with E-state index in [1.165, 1.54) is 24.3 Å². The highest BCUT2D eigenvalue weighted by Gasteiger charge is 2.18. The number of H-pyrrole nitrogens is 1. The summed E-state index contributed by atoms with van der Waals surface area (Å²) in [6.07, 6.45) is 1.55. The lowest BCUT2D eigenvalue weighted by molar-refractivity contribution is -0.387. The van der Waals surface area contributed by atoms with E-state index in [1.54, 1.807) is 18.3 Å². The maximum Gasteiger partial charge on any atom is 0.284 e. The summed E-state index contributed by atoms with van der Waals surface area (Å²) >= 11 is 1.05.